The molecule has 88 valence electrons. The van der Waals surface area contributed by atoms with Crippen molar-refractivity contribution in [3.8, 4) is 5.75 Å². The Balaban J connectivity index is 2.66. The first kappa shape index (κ1) is 12.4. The number of carbonyl (C=O) groups is 1. The van der Waals surface area contributed by atoms with Crippen LogP contribution in [0.5, 0.6) is 5.75 Å². The summed E-state index contributed by atoms with van der Waals surface area (Å²) in [7, 11) is 1.37. The van der Waals surface area contributed by atoms with Crippen LogP contribution in [0.4, 0.5) is 5.69 Å². The monoisotopic (exact) mass is 223 g/mol. The van der Waals surface area contributed by atoms with E-state index in [1.807, 2.05) is 31.2 Å². The van der Waals surface area contributed by atoms with Gasteiger partial charge in [-0.1, -0.05) is 6.07 Å². The van der Waals surface area contributed by atoms with Crippen molar-refractivity contribution in [2.75, 3.05) is 19.0 Å². The zero-order valence-electron chi connectivity index (χ0n) is 9.82. The summed E-state index contributed by atoms with van der Waals surface area (Å²) in [4.78, 5) is 11.2. The van der Waals surface area contributed by atoms with E-state index in [9.17, 15) is 4.79 Å². The molecule has 4 nitrogen and oxygen atoms in total. The van der Waals surface area contributed by atoms with Crippen molar-refractivity contribution in [1.29, 1.82) is 0 Å². The van der Waals surface area contributed by atoms with Gasteiger partial charge in [0.25, 0.3) is 0 Å². The maximum absolute atomic E-state index is 11.2. The second-order valence-corrected chi connectivity index (χ2v) is 3.35. The highest BCUT2D eigenvalue weighted by Gasteiger charge is 2.12. The predicted octanol–water partition coefficient (Wildman–Crippen LogP) is 2.06. The van der Waals surface area contributed by atoms with E-state index in [0.717, 1.165) is 11.4 Å². The van der Waals surface area contributed by atoms with Crippen molar-refractivity contribution >= 4 is 11.7 Å². The number of esters is 1. The van der Waals surface area contributed by atoms with E-state index in [0.29, 0.717) is 6.61 Å². The fraction of sp³-hybridized carbons (Fsp3) is 0.417. The van der Waals surface area contributed by atoms with Crippen molar-refractivity contribution in [2.24, 2.45) is 0 Å². The predicted molar refractivity (Wildman–Crippen MR) is 62.7 cm³/mol. The fourth-order valence-corrected chi connectivity index (χ4v) is 1.33. The van der Waals surface area contributed by atoms with Crippen molar-refractivity contribution in [2.45, 2.75) is 19.9 Å². The highest BCUT2D eigenvalue weighted by molar-refractivity contribution is 5.78. The van der Waals surface area contributed by atoms with Crippen LogP contribution in [-0.2, 0) is 9.53 Å². The summed E-state index contributed by atoms with van der Waals surface area (Å²) in [6.07, 6.45) is 0. The van der Waals surface area contributed by atoms with Gasteiger partial charge >= 0.3 is 5.97 Å². The zero-order chi connectivity index (χ0) is 12.0. The van der Waals surface area contributed by atoms with E-state index in [2.05, 4.69) is 10.1 Å². The third-order valence-corrected chi connectivity index (χ3v) is 2.08. The Morgan fingerprint density at radius 1 is 1.50 bits per heavy atom. The molecule has 1 atom stereocenters. The average Bonchev–Trinajstić information content (AvgIpc) is 2.29. The number of methoxy groups -OCH3 is 1. The van der Waals surface area contributed by atoms with Gasteiger partial charge in [0, 0.05) is 11.8 Å². The van der Waals surface area contributed by atoms with Crippen LogP contribution in [0.2, 0.25) is 0 Å². The van der Waals surface area contributed by atoms with E-state index in [1.54, 1.807) is 6.92 Å². The van der Waals surface area contributed by atoms with Gasteiger partial charge < -0.3 is 14.8 Å². The molecule has 1 unspecified atom stereocenters. The molecule has 1 N–H and O–H groups in total. The van der Waals surface area contributed by atoms with Crippen LogP contribution < -0.4 is 10.1 Å². The van der Waals surface area contributed by atoms with Crippen LogP contribution in [0.3, 0.4) is 0 Å². The standard InChI is InChI=1S/C12H17NO3/c1-4-16-11-7-5-6-10(8-11)13-9(2)12(14)15-3/h5-9,13H,4H2,1-3H3. The van der Waals surface area contributed by atoms with Crippen LogP contribution >= 0.6 is 0 Å². The molecular weight excluding hydrogens is 206 g/mol. The molecule has 0 saturated heterocycles. The number of hydrogen-bond acceptors (Lipinski definition) is 4. The molecule has 0 aromatic heterocycles. The second-order valence-electron chi connectivity index (χ2n) is 3.35. The molecule has 0 radical (unpaired) electrons. The minimum Gasteiger partial charge on any atom is -0.494 e. The number of carbonyl (C=O) groups excluding carboxylic acids is 1. The molecule has 0 fully saturated rings. The fourth-order valence-electron chi connectivity index (χ4n) is 1.33. The van der Waals surface area contributed by atoms with Crippen LogP contribution in [-0.4, -0.2) is 25.7 Å². The first-order chi connectivity index (χ1) is 7.67. The van der Waals surface area contributed by atoms with Gasteiger partial charge in [-0.15, -0.1) is 0 Å². The number of rotatable bonds is 5. The summed E-state index contributed by atoms with van der Waals surface area (Å²) in [5.41, 5.74) is 0.837. The lowest BCUT2D eigenvalue weighted by Crippen LogP contribution is -2.27. The first-order valence-corrected chi connectivity index (χ1v) is 5.24. The number of hydrogen-bond donors (Lipinski definition) is 1. The molecule has 0 aliphatic carbocycles. The maximum Gasteiger partial charge on any atom is 0.327 e. The van der Waals surface area contributed by atoms with Gasteiger partial charge in [0.15, 0.2) is 0 Å². The quantitative estimate of drug-likeness (QED) is 0.776. The van der Waals surface area contributed by atoms with Crippen molar-refractivity contribution in [3.63, 3.8) is 0 Å². The van der Waals surface area contributed by atoms with Crippen LogP contribution in [0, 0.1) is 0 Å². The molecule has 4 heteroatoms. The number of nitrogens with one attached hydrogen (secondary N) is 1. The lowest BCUT2D eigenvalue weighted by molar-refractivity contribution is -0.141. The largest absolute Gasteiger partial charge is 0.494 e. The van der Waals surface area contributed by atoms with Gasteiger partial charge in [-0.3, -0.25) is 0 Å². The number of ether oxygens (including phenoxy) is 2. The van der Waals surface area contributed by atoms with Gasteiger partial charge in [0.1, 0.15) is 11.8 Å². The topological polar surface area (TPSA) is 47.6 Å². The highest BCUT2D eigenvalue weighted by Crippen LogP contribution is 2.18. The molecule has 1 aromatic carbocycles. The van der Waals surface area contributed by atoms with Gasteiger partial charge in [-0.05, 0) is 26.0 Å². The Morgan fingerprint density at radius 3 is 2.88 bits per heavy atom. The Hall–Kier alpha value is -1.71. The summed E-state index contributed by atoms with van der Waals surface area (Å²) < 4.78 is 9.99. The summed E-state index contributed by atoms with van der Waals surface area (Å²) in [5, 5.41) is 3.04. The van der Waals surface area contributed by atoms with Crippen molar-refractivity contribution in [1.82, 2.24) is 0 Å². The molecule has 0 amide bonds. The Kier molecular flexibility index (Phi) is 4.64. The minimum atomic E-state index is -0.373. The minimum absolute atomic E-state index is 0.290. The Morgan fingerprint density at radius 2 is 2.25 bits per heavy atom. The lowest BCUT2D eigenvalue weighted by atomic mass is 10.2. The molecule has 0 bridgehead atoms. The second kappa shape index (κ2) is 6.00. The van der Waals surface area contributed by atoms with Gasteiger partial charge in [-0.25, -0.2) is 4.79 Å². The van der Waals surface area contributed by atoms with Crippen LogP contribution in [0.15, 0.2) is 24.3 Å². The first-order valence-electron chi connectivity index (χ1n) is 5.24. The van der Waals surface area contributed by atoms with E-state index < -0.39 is 0 Å². The Labute approximate surface area is 95.6 Å². The molecule has 0 spiro atoms. The molecule has 1 aromatic rings. The number of benzene rings is 1. The summed E-state index contributed by atoms with van der Waals surface area (Å²) in [5.74, 6) is 0.492. The van der Waals surface area contributed by atoms with Gasteiger partial charge in [0.2, 0.25) is 0 Å². The maximum atomic E-state index is 11.2. The van der Waals surface area contributed by atoms with E-state index in [1.165, 1.54) is 7.11 Å². The highest BCUT2D eigenvalue weighted by atomic mass is 16.5. The molecular formula is C12H17NO3. The third kappa shape index (κ3) is 3.46. The van der Waals surface area contributed by atoms with Gasteiger partial charge in [0.05, 0.1) is 13.7 Å². The van der Waals surface area contributed by atoms with Crippen LogP contribution in [0.25, 0.3) is 0 Å². The SMILES string of the molecule is CCOc1cccc(NC(C)C(=O)OC)c1. The molecule has 0 saturated carbocycles. The van der Waals surface area contributed by atoms with Crippen molar-refractivity contribution < 1.29 is 14.3 Å². The number of anilines is 1. The summed E-state index contributed by atoms with van der Waals surface area (Å²) in [6.45, 7) is 4.30. The average molecular weight is 223 g/mol. The Bertz CT molecular complexity index is 352. The van der Waals surface area contributed by atoms with Crippen molar-refractivity contribution in [3.05, 3.63) is 24.3 Å². The zero-order valence-corrected chi connectivity index (χ0v) is 9.82. The van der Waals surface area contributed by atoms with E-state index in [4.69, 9.17) is 4.74 Å². The molecule has 0 aliphatic heterocycles. The smallest absolute Gasteiger partial charge is 0.327 e. The van der Waals surface area contributed by atoms with E-state index in [-0.39, 0.29) is 12.0 Å². The molecule has 16 heavy (non-hydrogen) atoms. The summed E-state index contributed by atoms with van der Waals surface area (Å²) in [6, 6.07) is 7.10. The van der Waals surface area contributed by atoms with Gasteiger partial charge in [-0.2, -0.15) is 0 Å². The lowest BCUT2D eigenvalue weighted by Gasteiger charge is -2.13. The third-order valence-electron chi connectivity index (χ3n) is 2.08. The van der Waals surface area contributed by atoms with Crippen LogP contribution in [0.1, 0.15) is 13.8 Å². The molecule has 0 aliphatic rings. The normalized spacial score (nSPS) is 11.7. The van der Waals surface area contributed by atoms with E-state index >= 15 is 0 Å². The molecule has 1 rings (SSSR count). The molecule has 0 heterocycles. The summed E-state index contributed by atoms with van der Waals surface area (Å²) >= 11 is 0.